The highest BCUT2D eigenvalue weighted by atomic mass is 32.1. The number of nitrogens with zero attached hydrogens (tertiary/aromatic N) is 5. The molecule has 0 radical (unpaired) electrons. The van der Waals surface area contributed by atoms with Gasteiger partial charge in [0.2, 0.25) is 5.91 Å². The van der Waals surface area contributed by atoms with Gasteiger partial charge in [0.05, 0.1) is 10.6 Å². The number of benzene rings is 1. The molecular formula is C14H12N6O2S. The lowest BCUT2D eigenvalue weighted by molar-refractivity contribution is -0.116. The zero-order valence-electron chi connectivity index (χ0n) is 12.1. The average molecular weight is 328 g/mol. The third-order valence-electron chi connectivity index (χ3n) is 2.94. The Morgan fingerprint density at radius 3 is 2.70 bits per heavy atom. The van der Waals surface area contributed by atoms with E-state index >= 15 is 0 Å². The van der Waals surface area contributed by atoms with Gasteiger partial charge in [-0.1, -0.05) is 41.7 Å². The Morgan fingerprint density at radius 1 is 1.26 bits per heavy atom. The summed E-state index contributed by atoms with van der Waals surface area (Å²) in [6.45, 7) is 1.45. The van der Waals surface area contributed by atoms with Gasteiger partial charge in [-0.3, -0.25) is 9.59 Å². The van der Waals surface area contributed by atoms with Crippen LogP contribution in [0.15, 0.2) is 36.7 Å². The minimum Gasteiger partial charge on any atom is -0.300 e. The van der Waals surface area contributed by atoms with Crippen LogP contribution < -0.4 is 5.32 Å². The second-order valence-electron chi connectivity index (χ2n) is 4.67. The van der Waals surface area contributed by atoms with E-state index in [1.165, 1.54) is 17.9 Å². The van der Waals surface area contributed by atoms with Crippen LogP contribution in [0.5, 0.6) is 0 Å². The standard InChI is InChI=1S/C14H12N6O2S/c1-9(21)13-12(10-5-3-2-4-6-10)17-14(23-13)16-11(22)7-20-8-15-18-19-20/h2-6,8H,7H2,1H3,(H,16,17,22). The van der Waals surface area contributed by atoms with Crippen molar-refractivity contribution in [2.45, 2.75) is 13.5 Å². The van der Waals surface area contributed by atoms with Crippen LogP contribution in [0.2, 0.25) is 0 Å². The van der Waals surface area contributed by atoms with Gasteiger partial charge in [0.15, 0.2) is 10.9 Å². The number of carbonyl (C=O) groups excluding carboxylic acids is 2. The fraction of sp³-hybridized carbons (Fsp3) is 0.143. The molecule has 1 aromatic carbocycles. The fourth-order valence-corrected chi connectivity index (χ4v) is 2.86. The molecular weight excluding hydrogens is 316 g/mol. The second-order valence-corrected chi connectivity index (χ2v) is 5.67. The van der Waals surface area contributed by atoms with Crippen LogP contribution in [0.4, 0.5) is 5.13 Å². The Kier molecular flexibility index (Phi) is 4.20. The zero-order chi connectivity index (χ0) is 16.2. The number of anilines is 1. The smallest absolute Gasteiger partial charge is 0.248 e. The molecule has 3 rings (SSSR count). The molecule has 0 saturated carbocycles. The largest absolute Gasteiger partial charge is 0.300 e. The molecule has 1 N–H and O–H groups in total. The fourth-order valence-electron chi connectivity index (χ4n) is 1.96. The lowest BCUT2D eigenvalue weighted by Gasteiger charge is -2.00. The van der Waals surface area contributed by atoms with Crippen LogP contribution in [0.3, 0.4) is 0 Å². The Bertz CT molecular complexity index is 828. The van der Waals surface area contributed by atoms with Gasteiger partial charge in [-0.05, 0) is 10.4 Å². The topological polar surface area (TPSA) is 103 Å². The number of aromatic nitrogens is 5. The van der Waals surface area contributed by atoms with E-state index in [0.717, 1.165) is 16.9 Å². The molecule has 116 valence electrons. The Balaban J connectivity index is 1.83. The Labute approximate surface area is 135 Å². The zero-order valence-corrected chi connectivity index (χ0v) is 12.9. The van der Waals surface area contributed by atoms with Gasteiger partial charge in [-0.2, -0.15) is 0 Å². The number of carbonyl (C=O) groups is 2. The molecule has 0 aliphatic heterocycles. The number of amides is 1. The summed E-state index contributed by atoms with van der Waals surface area (Å²) in [7, 11) is 0. The highest BCUT2D eigenvalue weighted by Gasteiger charge is 2.18. The summed E-state index contributed by atoms with van der Waals surface area (Å²) in [5.74, 6) is -0.414. The van der Waals surface area contributed by atoms with Crippen LogP contribution in [-0.4, -0.2) is 36.9 Å². The van der Waals surface area contributed by atoms with Crippen molar-refractivity contribution in [2.75, 3.05) is 5.32 Å². The normalized spacial score (nSPS) is 10.5. The van der Waals surface area contributed by atoms with Crippen LogP contribution in [0.1, 0.15) is 16.6 Å². The van der Waals surface area contributed by atoms with E-state index in [1.54, 1.807) is 0 Å². The van der Waals surface area contributed by atoms with Crippen molar-refractivity contribution in [1.82, 2.24) is 25.2 Å². The predicted octanol–water partition coefficient (Wildman–Crippen LogP) is 1.64. The van der Waals surface area contributed by atoms with Gasteiger partial charge in [-0.15, -0.1) is 5.10 Å². The summed E-state index contributed by atoms with van der Waals surface area (Å²) in [4.78, 5) is 28.7. The minimum atomic E-state index is -0.319. The maximum absolute atomic E-state index is 12.0. The first-order valence-corrected chi connectivity index (χ1v) is 7.53. The van der Waals surface area contributed by atoms with Crippen molar-refractivity contribution in [2.24, 2.45) is 0 Å². The number of rotatable bonds is 5. The monoisotopic (exact) mass is 328 g/mol. The molecule has 0 fully saturated rings. The van der Waals surface area contributed by atoms with Crippen LogP contribution >= 0.6 is 11.3 Å². The minimum absolute atomic E-state index is 0.0251. The van der Waals surface area contributed by atoms with E-state index < -0.39 is 0 Å². The summed E-state index contributed by atoms with van der Waals surface area (Å²) in [5.41, 5.74) is 1.40. The quantitative estimate of drug-likeness (QED) is 0.714. The SMILES string of the molecule is CC(=O)c1sc(NC(=O)Cn2cnnn2)nc1-c1ccccc1. The molecule has 2 heterocycles. The molecule has 0 bridgehead atoms. The first-order valence-electron chi connectivity index (χ1n) is 6.71. The van der Waals surface area contributed by atoms with Gasteiger partial charge in [0.1, 0.15) is 12.9 Å². The van der Waals surface area contributed by atoms with Gasteiger partial charge in [0.25, 0.3) is 0 Å². The van der Waals surface area contributed by atoms with Gasteiger partial charge in [0, 0.05) is 12.5 Å². The highest BCUT2D eigenvalue weighted by molar-refractivity contribution is 7.18. The summed E-state index contributed by atoms with van der Waals surface area (Å²) in [6.07, 6.45) is 1.35. The van der Waals surface area contributed by atoms with E-state index in [9.17, 15) is 9.59 Å². The van der Waals surface area contributed by atoms with Gasteiger partial charge in [-0.25, -0.2) is 9.67 Å². The molecule has 0 aliphatic carbocycles. The van der Waals surface area contributed by atoms with Crippen molar-refractivity contribution in [3.63, 3.8) is 0 Å². The first kappa shape index (κ1) is 15.0. The summed E-state index contributed by atoms with van der Waals surface area (Å²) < 4.78 is 1.30. The van der Waals surface area contributed by atoms with Crippen LogP contribution in [-0.2, 0) is 11.3 Å². The molecule has 0 atom stereocenters. The van der Waals surface area contributed by atoms with Crippen LogP contribution in [0.25, 0.3) is 11.3 Å². The van der Waals surface area contributed by atoms with E-state index in [4.69, 9.17) is 0 Å². The van der Waals surface area contributed by atoms with Crippen molar-refractivity contribution in [3.05, 3.63) is 41.5 Å². The number of tetrazole rings is 1. The molecule has 9 heteroatoms. The molecule has 2 aromatic heterocycles. The van der Waals surface area contributed by atoms with E-state index in [0.29, 0.717) is 15.7 Å². The van der Waals surface area contributed by atoms with E-state index in [1.807, 2.05) is 30.3 Å². The predicted molar refractivity (Wildman–Crippen MR) is 84.0 cm³/mol. The number of Topliss-reactive ketones (excluding diaryl/α,β-unsaturated/α-hetero) is 1. The molecule has 8 nitrogen and oxygen atoms in total. The number of nitrogens with one attached hydrogen (secondary N) is 1. The van der Waals surface area contributed by atoms with Crippen molar-refractivity contribution >= 4 is 28.2 Å². The lowest BCUT2D eigenvalue weighted by Crippen LogP contribution is -2.19. The molecule has 3 aromatic rings. The molecule has 0 unspecified atom stereocenters. The highest BCUT2D eigenvalue weighted by Crippen LogP contribution is 2.31. The maximum Gasteiger partial charge on any atom is 0.248 e. The Hall–Kier alpha value is -2.94. The molecule has 0 saturated heterocycles. The summed E-state index contributed by atoms with van der Waals surface area (Å²) in [6, 6.07) is 9.36. The second kappa shape index (κ2) is 6.44. The maximum atomic E-state index is 12.0. The van der Waals surface area contributed by atoms with E-state index in [2.05, 4.69) is 25.8 Å². The summed E-state index contributed by atoms with van der Waals surface area (Å²) >= 11 is 1.15. The first-order chi connectivity index (χ1) is 11.1. The lowest BCUT2D eigenvalue weighted by atomic mass is 10.1. The van der Waals surface area contributed by atoms with Crippen molar-refractivity contribution in [1.29, 1.82) is 0 Å². The van der Waals surface area contributed by atoms with Crippen molar-refractivity contribution in [3.8, 4) is 11.3 Å². The number of ketones is 1. The average Bonchev–Trinajstić information content (AvgIpc) is 3.17. The van der Waals surface area contributed by atoms with E-state index in [-0.39, 0.29) is 18.2 Å². The summed E-state index contributed by atoms with van der Waals surface area (Å²) in [5, 5.41) is 13.6. The molecule has 0 spiro atoms. The van der Waals surface area contributed by atoms with Gasteiger partial charge < -0.3 is 5.32 Å². The molecule has 23 heavy (non-hydrogen) atoms. The number of hydrogen-bond donors (Lipinski definition) is 1. The van der Waals surface area contributed by atoms with Crippen LogP contribution in [0, 0.1) is 0 Å². The van der Waals surface area contributed by atoms with Gasteiger partial charge >= 0.3 is 0 Å². The Morgan fingerprint density at radius 2 is 2.04 bits per heavy atom. The molecule has 1 amide bonds. The number of thiazole rings is 1. The van der Waals surface area contributed by atoms with Crippen molar-refractivity contribution < 1.29 is 9.59 Å². The third kappa shape index (κ3) is 3.46. The third-order valence-corrected chi connectivity index (χ3v) is 4.01. The molecule has 0 aliphatic rings. The number of hydrogen-bond acceptors (Lipinski definition) is 7.